The van der Waals surface area contributed by atoms with E-state index in [4.69, 9.17) is 0 Å². The van der Waals surface area contributed by atoms with Crippen LogP contribution in [0.5, 0.6) is 11.5 Å². The Hall–Kier alpha value is -1.96. The summed E-state index contributed by atoms with van der Waals surface area (Å²) in [5, 5.41) is 21.6. The number of phenols is 2. The van der Waals surface area contributed by atoms with Gasteiger partial charge in [0.15, 0.2) is 0 Å². The minimum Gasteiger partial charge on any atom is -0.508 e. The van der Waals surface area contributed by atoms with Crippen molar-refractivity contribution in [3.63, 3.8) is 0 Å². The van der Waals surface area contributed by atoms with Crippen molar-refractivity contribution >= 4 is 0 Å². The molecular weight excluding hydrogens is 380 g/mol. The summed E-state index contributed by atoms with van der Waals surface area (Å²) in [5.74, 6) is 0.747. The molecule has 0 aromatic heterocycles. The summed E-state index contributed by atoms with van der Waals surface area (Å²) < 4.78 is 0. The number of benzene rings is 2. The zero-order valence-corrected chi connectivity index (χ0v) is 21.9. The van der Waals surface area contributed by atoms with Crippen LogP contribution in [0, 0.1) is 0 Å². The number of phenolic OH excluding ortho intramolecular Hbond substituents is 2. The Labute approximate surface area is 190 Å². The van der Waals surface area contributed by atoms with E-state index < -0.39 is 0 Å². The van der Waals surface area contributed by atoms with Gasteiger partial charge in [-0.25, -0.2) is 0 Å². The Morgan fingerprint density at radius 2 is 0.710 bits per heavy atom. The summed E-state index contributed by atoms with van der Waals surface area (Å²) in [7, 11) is 0. The minimum absolute atomic E-state index is 0.109. The molecule has 2 nitrogen and oxygen atoms in total. The molecule has 0 radical (unpaired) electrons. The zero-order valence-electron chi connectivity index (χ0n) is 21.9. The van der Waals surface area contributed by atoms with Crippen molar-refractivity contribution in [1.82, 2.24) is 0 Å². The molecule has 0 fully saturated rings. The van der Waals surface area contributed by atoms with Gasteiger partial charge in [-0.15, -0.1) is 0 Å². The molecule has 0 aliphatic carbocycles. The van der Waals surface area contributed by atoms with E-state index in [0.29, 0.717) is 11.5 Å². The summed E-state index contributed by atoms with van der Waals surface area (Å²) in [6.07, 6.45) is 0.770. The summed E-state index contributed by atoms with van der Waals surface area (Å²) in [4.78, 5) is 0. The summed E-state index contributed by atoms with van der Waals surface area (Å²) in [6.45, 7) is 26.3. The van der Waals surface area contributed by atoms with E-state index >= 15 is 0 Å². The van der Waals surface area contributed by atoms with Crippen LogP contribution in [0.1, 0.15) is 116 Å². The standard InChI is InChI=1S/C29H44O2/c1-26(2,3)22-18(13-15-20(30)24(22)28(7,8)9)17-19-14-16-21(31)25(29(10,11)12)23(19)27(4,5)6/h13-16,30-31H,17H2,1-12H3. The lowest BCUT2D eigenvalue weighted by Gasteiger charge is -2.35. The first-order valence-corrected chi connectivity index (χ1v) is 11.5. The largest absolute Gasteiger partial charge is 0.508 e. The Morgan fingerprint density at radius 3 is 0.935 bits per heavy atom. The third-order valence-corrected chi connectivity index (χ3v) is 5.92. The van der Waals surface area contributed by atoms with Crippen LogP contribution in [0.2, 0.25) is 0 Å². The Balaban J connectivity index is 2.88. The molecule has 172 valence electrons. The molecule has 0 aliphatic rings. The maximum absolute atomic E-state index is 10.8. The van der Waals surface area contributed by atoms with E-state index in [9.17, 15) is 10.2 Å². The monoisotopic (exact) mass is 424 g/mol. The van der Waals surface area contributed by atoms with Crippen LogP contribution in [-0.4, -0.2) is 10.2 Å². The van der Waals surface area contributed by atoms with E-state index in [1.165, 1.54) is 22.3 Å². The topological polar surface area (TPSA) is 40.5 Å². The molecule has 0 aliphatic heterocycles. The smallest absolute Gasteiger partial charge is 0.119 e. The second-order valence-corrected chi connectivity index (χ2v) is 13.2. The molecular formula is C29H44O2. The lowest BCUT2D eigenvalue weighted by molar-refractivity contribution is 0.433. The Morgan fingerprint density at radius 1 is 0.452 bits per heavy atom. The van der Waals surface area contributed by atoms with Gasteiger partial charge in [0, 0.05) is 11.1 Å². The third kappa shape index (κ3) is 5.27. The minimum atomic E-state index is -0.166. The van der Waals surface area contributed by atoms with Gasteiger partial charge in [0.05, 0.1) is 0 Å². The van der Waals surface area contributed by atoms with Crippen LogP contribution < -0.4 is 0 Å². The van der Waals surface area contributed by atoms with Crippen molar-refractivity contribution in [1.29, 1.82) is 0 Å². The molecule has 0 spiro atoms. The third-order valence-electron chi connectivity index (χ3n) is 5.92. The highest BCUT2D eigenvalue weighted by Gasteiger charge is 2.33. The fourth-order valence-corrected chi connectivity index (χ4v) is 5.00. The fourth-order valence-electron chi connectivity index (χ4n) is 5.00. The zero-order chi connectivity index (χ0) is 24.2. The van der Waals surface area contributed by atoms with Gasteiger partial charge < -0.3 is 10.2 Å². The molecule has 0 heterocycles. The maximum Gasteiger partial charge on any atom is 0.119 e. The van der Waals surface area contributed by atoms with Gasteiger partial charge in [0.25, 0.3) is 0 Å². The lowest BCUT2D eigenvalue weighted by atomic mass is 9.69. The quantitative estimate of drug-likeness (QED) is 0.515. The van der Waals surface area contributed by atoms with Crippen molar-refractivity contribution in [3.05, 3.63) is 57.6 Å². The average Bonchev–Trinajstić information content (AvgIpc) is 2.53. The van der Waals surface area contributed by atoms with Crippen LogP contribution in [0.15, 0.2) is 24.3 Å². The highest BCUT2D eigenvalue weighted by molar-refractivity contribution is 5.56. The first-order chi connectivity index (χ1) is 13.8. The predicted molar refractivity (Wildman–Crippen MR) is 134 cm³/mol. The molecule has 0 amide bonds. The lowest BCUT2D eigenvalue weighted by Crippen LogP contribution is -2.26. The van der Waals surface area contributed by atoms with E-state index in [2.05, 4.69) is 95.2 Å². The average molecular weight is 425 g/mol. The van der Waals surface area contributed by atoms with Crippen molar-refractivity contribution in [2.24, 2.45) is 0 Å². The number of hydrogen-bond acceptors (Lipinski definition) is 2. The van der Waals surface area contributed by atoms with Crippen molar-refractivity contribution in [3.8, 4) is 11.5 Å². The van der Waals surface area contributed by atoms with E-state index in [-0.39, 0.29) is 21.7 Å². The second-order valence-electron chi connectivity index (χ2n) is 13.2. The highest BCUT2D eigenvalue weighted by atomic mass is 16.3. The predicted octanol–water partition coefficient (Wildman–Crippen LogP) is 7.88. The SMILES string of the molecule is CC(C)(C)c1c(O)ccc(Cc2ccc(O)c(C(C)(C)C)c2C(C)(C)C)c1C(C)(C)C. The first kappa shape index (κ1) is 25.3. The van der Waals surface area contributed by atoms with Gasteiger partial charge in [-0.2, -0.15) is 0 Å². The summed E-state index contributed by atoms with van der Waals surface area (Å²) in [6, 6.07) is 7.88. The van der Waals surface area contributed by atoms with Crippen LogP contribution in [0.25, 0.3) is 0 Å². The van der Waals surface area contributed by atoms with Crippen molar-refractivity contribution < 1.29 is 10.2 Å². The second kappa shape index (κ2) is 7.87. The van der Waals surface area contributed by atoms with Crippen LogP contribution in [0.4, 0.5) is 0 Å². The molecule has 0 bridgehead atoms. The normalized spacial score (nSPS) is 13.5. The van der Waals surface area contributed by atoms with Crippen molar-refractivity contribution in [2.75, 3.05) is 0 Å². The van der Waals surface area contributed by atoms with E-state index in [1.807, 2.05) is 12.1 Å². The highest BCUT2D eigenvalue weighted by Crippen LogP contribution is 2.45. The van der Waals surface area contributed by atoms with Crippen LogP contribution in [-0.2, 0) is 28.1 Å². The molecule has 2 aromatic carbocycles. The molecule has 0 atom stereocenters. The Bertz CT molecular complexity index is 873. The van der Waals surface area contributed by atoms with Crippen LogP contribution in [0.3, 0.4) is 0 Å². The molecule has 31 heavy (non-hydrogen) atoms. The van der Waals surface area contributed by atoms with E-state index in [1.54, 1.807) is 0 Å². The molecule has 2 heteroatoms. The molecule has 2 N–H and O–H groups in total. The molecule has 0 saturated carbocycles. The fraction of sp³-hybridized carbons (Fsp3) is 0.586. The molecule has 2 rings (SSSR count). The maximum atomic E-state index is 10.8. The Kier molecular flexibility index (Phi) is 6.42. The van der Waals surface area contributed by atoms with Gasteiger partial charge >= 0.3 is 0 Å². The number of hydrogen-bond donors (Lipinski definition) is 2. The van der Waals surface area contributed by atoms with Gasteiger partial charge in [0.1, 0.15) is 11.5 Å². The number of rotatable bonds is 2. The first-order valence-electron chi connectivity index (χ1n) is 11.5. The van der Waals surface area contributed by atoms with Gasteiger partial charge in [-0.05, 0) is 62.5 Å². The summed E-state index contributed by atoms with van der Waals surface area (Å²) in [5.41, 5.74) is 6.45. The van der Waals surface area contributed by atoms with Crippen LogP contribution >= 0.6 is 0 Å². The van der Waals surface area contributed by atoms with Gasteiger partial charge in [0.2, 0.25) is 0 Å². The van der Waals surface area contributed by atoms with Gasteiger partial charge in [-0.3, -0.25) is 0 Å². The summed E-state index contributed by atoms with van der Waals surface area (Å²) >= 11 is 0. The van der Waals surface area contributed by atoms with Gasteiger partial charge in [-0.1, -0.05) is 95.2 Å². The molecule has 0 saturated heterocycles. The van der Waals surface area contributed by atoms with Crippen molar-refractivity contribution in [2.45, 2.75) is 111 Å². The molecule has 2 aromatic rings. The molecule has 0 unspecified atom stereocenters. The van der Waals surface area contributed by atoms with E-state index in [0.717, 1.165) is 17.5 Å². The number of aromatic hydroxyl groups is 2.